The highest BCUT2D eigenvalue weighted by Crippen LogP contribution is 2.62. The van der Waals surface area contributed by atoms with E-state index < -0.39 is 17.7 Å². The zero-order chi connectivity index (χ0) is 49.3. The average molecular weight is 968 g/mol. The first-order valence-electron chi connectivity index (χ1n) is 27.3. The number of ether oxygens (including phenoxy) is 3. The second-order valence-electron chi connectivity index (χ2n) is 20.5. The molecule has 0 aromatic heterocycles. The minimum absolute atomic E-state index is 0.0720. The number of hydrogen-bond acceptors (Lipinski definition) is 9. The molecule has 2 N–H and O–H groups in total. The Labute approximate surface area is 424 Å². The number of amides is 1. The summed E-state index contributed by atoms with van der Waals surface area (Å²) >= 11 is 0. The first kappa shape index (κ1) is 52.3. The molecule has 10 heteroatoms. The van der Waals surface area contributed by atoms with Gasteiger partial charge in [0.1, 0.15) is 30.8 Å². The number of oxime groups is 1. The third-order valence-electron chi connectivity index (χ3n) is 15.5. The van der Waals surface area contributed by atoms with Gasteiger partial charge in [0.25, 0.3) is 0 Å². The first-order valence-corrected chi connectivity index (χ1v) is 27.3. The number of carbonyl (C=O) groups is 1. The molecule has 4 aromatic carbocycles. The van der Waals surface area contributed by atoms with Crippen molar-refractivity contribution in [2.45, 2.75) is 147 Å². The second kappa shape index (κ2) is 26.6. The third-order valence-corrected chi connectivity index (χ3v) is 15.5. The molecule has 1 saturated carbocycles. The summed E-state index contributed by atoms with van der Waals surface area (Å²) in [6, 6.07) is 30.6. The maximum Gasteiger partial charge on any atom is 0.239 e. The van der Waals surface area contributed by atoms with Gasteiger partial charge in [-0.3, -0.25) is 9.69 Å². The Morgan fingerprint density at radius 2 is 1.59 bits per heavy atom. The molecule has 4 aliphatic rings. The van der Waals surface area contributed by atoms with Gasteiger partial charge >= 0.3 is 0 Å². The van der Waals surface area contributed by atoms with Crippen LogP contribution in [0.25, 0.3) is 10.8 Å². The highest BCUT2D eigenvalue weighted by molar-refractivity contribution is 6.03. The number of aliphatic hydroxyl groups is 2. The molecule has 2 fully saturated rings. The van der Waals surface area contributed by atoms with Crippen LogP contribution in [0.15, 0.2) is 120 Å². The number of carbonyl (C=O) groups excluding carboxylic acids is 1. The zero-order valence-electron chi connectivity index (χ0n) is 42.6. The van der Waals surface area contributed by atoms with Gasteiger partial charge in [0.2, 0.25) is 11.7 Å². The summed E-state index contributed by atoms with van der Waals surface area (Å²) in [5.41, 5.74) is 4.98. The topological polar surface area (TPSA) is 113 Å². The van der Waals surface area contributed by atoms with Crippen molar-refractivity contribution in [3.8, 4) is 11.5 Å². The molecule has 1 amide bonds. The predicted octanol–water partition coefficient (Wildman–Crippen LogP) is 12.3. The van der Waals surface area contributed by atoms with E-state index in [9.17, 15) is 10.2 Å². The van der Waals surface area contributed by atoms with Crippen molar-refractivity contribution in [1.29, 1.82) is 0 Å². The van der Waals surface area contributed by atoms with Gasteiger partial charge in [-0.15, -0.1) is 6.58 Å². The van der Waals surface area contributed by atoms with Crippen LogP contribution in [0.4, 0.5) is 0 Å². The van der Waals surface area contributed by atoms with Crippen LogP contribution in [0.1, 0.15) is 139 Å². The average Bonchev–Trinajstić information content (AvgIpc) is 4.23. The summed E-state index contributed by atoms with van der Waals surface area (Å²) < 4.78 is 21.5. The van der Waals surface area contributed by atoms with Crippen LogP contribution in [0.3, 0.4) is 0 Å². The molecule has 2 aliphatic carbocycles. The normalized spacial score (nSPS) is 22.8. The molecule has 0 spiro atoms. The second-order valence-corrected chi connectivity index (χ2v) is 20.5. The monoisotopic (exact) mass is 968 g/mol. The maximum atomic E-state index is 15.6. The molecule has 6 atom stereocenters. The Balaban J connectivity index is 1.26. The van der Waals surface area contributed by atoms with E-state index in [1.165, 1.54) is 38.5 Å². The van der Waals surface area contributed by atoms with Gasteiger partial charge in [-0.05, 0) is 89.6 Å². The van der Waals surface area contributed by atoms with Crippen LogP contribution in [0.5, 0.6) is 11.5 Å². The number of aliphatic hydroxyl groups excluding tert-OH is 2. The minimum Gasteiger partial charge on any atom is -0.492 e. The van der Waals surface area contributed by atoms with Crippen molar-refractivity contribution in [3.63, 3.8) is 0 Å². The Morgan fingerprint density at radius 1 is 0.859 bits per heavy atom. The van der Waals surface area contributed by atoms with E-state index in [1.807, 2.05) is 36.4 Å². The van der Waals surface area contributed by atoms with E-state index in [-0.39, 0.29) is 43.5 Å². The van der Waals surface area contributed by atoms with Crippen molar-refractivity contribution in [2.75, 3.05) is 46.1 Å². The van der Waals surface area contributed by atoms with E-state index in [1.54, 1.807) is 6.08 Å². The molecule has 71 heavy (non-hydrogen) atoms. The lowest BCUT2D eigenvalue weighted by molar-refractivity contribution is -0.258. The van der Waals surface area contributed by atoms with Gasteiger partial charge in [-0.25, -0.2) is 0 Å². The molecular formula is C61H81N3O7. The van der Waals surface area contributed by atoms with Gasteiger partial charge in [0.05, 0.1) is 18.2 Å². The van der Waals surface area contributed by atoms with Crippen molar-refractivity contribution in [3.05, 3.63) is 132 Å². The van der Waals surface area contributed by atoms with E-state index in [4.69, 9.17) is 24.2 Å². The number of rotatable bonds is 31. The number of unbranched alkanes of at least 4 members (excludes halogenated alkanes) is 10. The summed E-state index contributed by atoms with van der Waals surface area (Å²) in [5, 5.41) is 27.5. The lowest BCUT2D eigenvalue weighted by atomic mass is 9.55. The number of benzene rings is 4. The van der Waals surface area contributed by atoms with E-state index in [0.29, 0.717) is 45.4 Å². The van der Waals surface area contributed by atoms with Gasteiger partial charge in [-0.1, -0.05) is 161 Å². The smallest absolute Gasteiger partial charge is 0.239 e. The Hall–Kier alpha value is -5.00. The van der Waals surface area contributed by atoms with E-state index in [2.05, 4.69) is 84.0 Å². The fraction of sp³-hybridized carbons (Fsp3) is 0.541. The third kappa shape index (κ3) is 13.4. The number of nitrogens with zero attached hydrogens (tertiary/aromatic N) is 3. The molecule has 8 rings (SSSR count). The first-order chi connectivity index (χ1) is 35.0. The van der Waals surface area contributed by atoms with Crippen LogP contribution in [0, 0.1) is 17.8 Å². The van der Waals surface area contributed by atoms with Crippen LogP contribution in [-0.2, 0) is 27.5 Å². The lowest BCUT2D eigenvalue weighted by Crippen LogP contribution is -2.70. The van der Waals surface area contributed by atoms with Gasteiger partial charge in [0.15, 0.2) is 0 Å². The van der Waals surface area contributed by atoms with Gasteiger partial charge in [0, 0.05) is 63.7 Å². The number of fused-ring (bicyclic) bond motifs is 3. The largest absolute Gasteiger partial charge is 0.492 e. The molecule has 0 bridgehead atoms. The Bertz CT molecular complexity index is 2360. The molecule has 4 aromatic rings. The van der Waals surface area contributed by atoms with E-state index >= 15 is 4.79 Å². The van der Waals surface area contributed by atoms with Crippen molar-refractivity contribution < 1.29 is 34.1 Å². The highest BCUT2D eigenvalue weighted by Gasteiger charge is 2.65. The number of hydrogen-bond donors (Lipinski definition) is 2. The summed E-state index contributed by atoms with van der Waals surface area (Å²) in [5.74, 6) is -0.0244. The standard InChI is InChI=1S/C61H81N3O7/c1-3-5-6-7-8-9-10-11-15-31-58(67)64(44-49-28-22-27-47-25-16-17-29-51(47)49)57-43-55(62-70-45-46-23-13-12-14-24-46)53-41-48(26-18-20-37-65)52(30-19-21-38-66)59-54-42-50(68-40-36-63-34-35-63)32-33-56(54)71-61(57,60(53)59)69-39-4-2/h4,12-14,16-17,22-25,27-29,32-33,41-42,48,52,57,59-60,65-66H,2-3,5-11,15,18-21,26,30-31,34-40,43-45H2,1H3. The molecule has 6 unspecified atom stereocenters. The van der Waals surface area contributed by atoms with Crippen LogP contribution < -0.4 is 9.47 Å². The van der Waals surface area contributed by atoms with Gasteiger partial charge in [-0.2, -0.15) is 0 Å². The fourth-order valence-electron chi connectivity index (χ4n) is 11.8. The molecule has 382 valence electrons. The van der Waals surface area contributed by atoms with Crippen LogP contribution in [-0.4, -0.2) is 89.5 Å². The van der Waals surface area contributed by atoms with Crippen molar-refractivity contribution >= 4 is 22.4 Å². The minimum atomic E-state index is -1.35. The molecular weight excluding hydrogens is 887 g/mol. The summed E-state index contributed by atoms with van der Waals surface area (Å²) in [4.78, 5) is 26.4. The number of allylic oxidation sites excluding steroid dienone is 1. The Kier molecular flexibility index (Phi) is 19.6. The molecule has 0 radical (unpaired) electrons. The maximum absolute atomic E-state index is 15.6. The van der Waals surface area contributed by atoms with Gasteiger partial charge < -0.3 is 34.2 Å². The lowest BCUT2D eigenvalue weighted by Gasteiger charge is -2.60. The Morgan fingerprint density at radius 3 is 2.35 bits per heavy atom. The van der Waals surface area contributed by atoms with Crippen molar-refractivity contribution in [2.24, 2.45) is 22.9 Å². The molecule has 1 saturated heterocycles. The molecule has 10 nitrogen and oxygen atoms in total. The summed E-state index contributed by atoms with van der Waals surface area (Å²) in [6.45, 7) is 11.3. The summed E-state index contributed by atoms with van der Waals surface area (Å²) in [6.07, 6.45) is 20.3. The van der Waals surface area contributed by atoms with Crippen LogP contribution in [0.2, 0.25) is 0 Å². The molecule has 2 heterocycles. The fourth-order valence-corrected chi connectivity index (χ4v) is 11.8. The quantitative estimate of drug-likeness (QED) is 0.0222. The molecule has 2 aliphatic heterocycles. The van der Waals surface area contributed by atoms with E-state index in [0.717, 1.165) is 115 Å². The predicted molar refractivity (Wildman–Crippen MR) is 284 cm³/mol. The zero-order valence-corrected chi connectivity index (χ0v) is 42.6. The van der Waals surface area contributed by atoms with Crippen molar-refractivity contribution in [1.82, 2.24) is 9.80 Å². The highest BCUT2D eigenvalue weighted by atomic mass is 16.7. The van der Waals surface area contributed by atoms with Crippen LogP contribution >= 0.6 is 0 Å². The summed E-state index contributed by atoms with van der Waals surface area (Å²) in [7, 11) is 0. The SMILES string of the molecule is C=CCOC12Oc3ccc(OCCN4CC4)cc3C3C(CCCCO)C(CCCCO)C=C(C(=NOCc4ccccc4)CC1N(Cc1cccc4ccccc14)C(=O)CCCCCCCCCCC)C32.